The lowest BCUT2D eigenvalue weighted by Crippen LogP contribution is -2.00. The fraction of sp³-hybridized carbons (Fsp3) is 0.143. The summed E-state index contributed by atoms with van der Waals surface area (Å²) >= 11 is 2.43. The van der Waals surface area contributed by atoms with Gasteiger partial charge in [0.05, 0.1) is 4.88 Å². The number of hydrogen-bond acceptors (Lipinski definition) is 5. The first kappa shape index (κ1) is 16.6. The number of benzene rings is 1. The van der Waals surface area contributed by atoms with Crippen LogP contribution in [0.5, 0.6) is 0 Å². The van der Waals surface area contributed by atoms with E-state index < -0.39 is 11.9 Å². The van der Waals surface area contributed by atoms with Crippen LogP contribution in [0.4, 0.5) is 13.2 Å². The number of thiazole rings is 1. The van der Waals surface area contributed by atoms with Crippen molar-refractivity contribution in [1.29, 1.82) is 0 Å². The third-order valence-electron chi connectivity index (χ3n) is 2.62. The quantitative estimate of drug-likeness (QED) is 0.350. The van der Waals surface area contributed by atoms with Gasteiger partial charge >= 0.3 is 6.08 Å². The van der Waals surface area contributed by atoms with E-state index in [9.17, 15) is 18.4 Å². The van der Waals surface area contributed by atoms with E-state index in [2.05, 4.69) is 10.1 Å². The number of thioether (sulfide) groups is 1. The van der Waals surface area contributed by atoms with Crippen LogP contribution < -0.4 is 0 Å². The average molecular weight is 344 g/mol. The Bertz CT molecular complexity index is 682. The summed E-state index contributed by atoms with van der Waals surface area (Å²) in [7, 11) is 0. The Hall–Kier alpha value is -1.80. The highest BCUT2D eigenvalue weighted by Gasteiger charge is 2.12. The predicted molar refractivity (Wildman–Crippen MR) is 81.7 cm³/mol. The van der Waals surface area contributed by atoms with Crippen LogP contribution in [0.1, 0.15) is 16.9 Å². The second-order valence-corrected chi connectivity index (χ2v) is 6.44. The van der Waals surface area contributed by atoms with Gasteiger partial charge in [-0.3, -0.25) is 0 Å². The highest BCUT2D eigenvalue weighted by molar-refractivity contribution is 8.01. The van der Waals surface area contributed by atoms with Gasteiger partial charge in [-0.15, -0.1) is 11.3 Å². The van der Waals surface area contributed by atoms with Crippen LogP contribution in [0.2, 0.25) is 0 Å². The van der Waals surface area contributed by atoms with E-state index in [-0.39, 0.29) is 12.2 Å². The zero-order valence-corrected chi connectivity index (χ0v) is 12.8. The summed E-state index contributed by atoms with van der Waals surface area (Å²) in [4.78, 5) is 4.76. The molecule has 0 saturated heterocycles. The zero-order chi connectivity index (χ0) is 15.9. The zero-order valence-electron chi connectivity index (χ0n) is 11.2. The molecule has 0 radical (unpaired) electrons. The normalized spacial score (nSPS) is 11.5. The van der Waals surface area contributed by atoms with Crippen molar-refractivity contribution in [3.05, 3.63) is 58.9 Å². The molecule has 0 aliphatic carbocycles. The summed E-state index contributed by atoms with van der Waals surface area (Å²) in [6.45, 7) is 0. The van der Waals surface area contributed by atoms with Gasteiger partial charge in [-0.05, 0) is 0 Å². The third-order valence-corrected chi connectivity index (χ3v) is 4.78. The van der Waals surface area contributed by atoms with E-state index in [4.69, 9.17) is 0 Å². The molecule has 1 aromatic carbocycles. The Kier molecular flexibility index (Phi) is 6.02. The summed E-state index contributed by atoms with van der Waals surface area (Å²) < 4.78 is 37.2. The van der Waals surface area contributed by atoms with Crippen LogP contribution in [0, 0.1) is 0 Å². The fourth-order valence-corrected chi connectivity index (χ4v) is 3.59. The maximum Gasteiger partial charge on any atom is 0.301 e. The topological polar surface area (TPSA) is 45.5 Å². The molecule has 2 aromatic rings. The van der Waals surface area contributed by atoms with Gasteiger partial charge in [0.2, 0.25) is 0 Å². The maximum atomic E-state index is 12.7. The lowest BCUT2D eigenvalue weighted by Gasteiger charge is -2.00. The Morgan fingerprint density at radius 2 is 1.95 bits per heavy atom. The molecule has 3 nitrogen and oxygen atoms in total. The lowest BCUT2D eigenvalue weighted by molar-refractivity contribution is 0.320. The number of halogens is 3. The number of hydrogen-bond donors (Lipinski definition) is 1. The first-order chi connectivity index (χ1) is 10.6. The van der Waals surface area contributed by atoms with Gasteiger partial charge in [0.15, 0.2) is 5.83 Å². The van der Waals surface area contributed by atoms with Crippen LogP contribution in [0.25, 0.3) is 0 Å². The molecule has 0 spiro atoms. The Morgan fingerprint density at radius 1 is 1.23 bits per heavy atom. The van der Waals surface area contributed by atoms with Gasteiger partial charge in [0, 0.05) is 23.9 Å². The van der Waals surface area contributed by atoms with Crippen molar-refractivity contribution in [2.45, 2.75) is 10.8 Å². The van der Waals surface area contributed by atoms with Gasteiger partial charge in [0.25, 0.3) is 0 Å². The maximum absolute atomic E-state index is 12.7. The second kappa shape index (κ2) is 8.00. The summed E-state index contributed by atoms with van der Waals surface area (Å²) in [6.07, 6.45) is -1.09. The molecule has 0 bridgehead atoms. The summed E-state index contributed by atoms with van der Waals surface area (Å²) in [5.41, 5.74) is 1.12. The van der Waals surface area contributed by atoms with E-state index in [0.717, 1.165) is 5.56 Å². The molecule has 8 heteroatoms. The lowest BCUT2D eigenvalue weighted by atomic mass is 10.1. The number of nitrogens with zero attached hydrogens (tertiary/aromatic N) is 2. The number of allylic oxidation sites excluding steroid dienone is 1. The van der Waals surface area contributed by atoms with Crippen LogP contribution >= 0.6 is 23.1 Å². The van der Waals surface area contributed by atoms with Gasteiger partial charge < -0.3 is 5.21 Å². The number of oxime groups is 1. The van der Waals surface area contributed by atoms with Crippen molar-refractivity contribution in [3.8, 4) is 0 Å². The monoisotopic (exact) mass is 344 g/mol. The van der Waals surface area contributed by atoms with E-state index in [1.54, 1.807) is 12.1 Å². The Balaban J connectivity index is 2.03. The number of rotatable bonds is 6. The molecule has 2 rings (SSSR count). The van der Waals surface area contributed by atoms with Gasteiger partial charge in [-0.2, -0.15) is 8.78 Å². The predicted octanol–water partition coefficient (Wildman–Crippen LogP) is 4.93. The van der Waals surface area contributed by atoms with Crippen LogP contribution in [-0.4, -0.2) is 21.7 Å². The highest BCUT2D eigenvalue weighted by Crippen LogP contribution is 2.28. The molecule has 0 saturated carbocycles. The molecule has 116 valence electrons. The molecule has 1 heterocycles. The molecule has 0 aliphatic rings. The Morgan fingerprint density at radius 3 is 2.59 bits per heavy atom. The van der Waals surface area contributed by atoms with Crippen LogP contribution in [0.15, 0.2) is 57.9 Å². The molecule has 0 amide bonds. The third kappa shape index (κ3) is 4.35. The van der Waals surface area contributed by atoms with Gasteiger partial charge in [0.1, 0.15) is 10.1 Å². The SMILES string of the molecule is ON=C(c1ccccc1)c1cnc(SCCC(F)=C(F)F)s1. The van der Waals surface area contributed by atoms with Crippen molar-refractivity contribution in [3.63, 3.8) is 0 Å². The minimum Gasteiger partial charge on any atom is -0.410 e. The average Bonchev–Trinajstić information content (AvgIpc) is 2.97. The molecular weight excluding hydrogens is 333 g/mol. The first-order valence-corrected chi connectivity index (χ1v) is 7.98. The fourth-order valence-electron chi connectivity index (χ4n) is 1.60. The van der Waals surface area contributed by atoms with E-state index in [1.165, 1.54) is 29.3 Å². The molecule has 0 atom stereocenters. The van der Waals surface area contributed by atoms with E-state index >= 15 is 0 Å². The van der Waals surface area contributed by atoms with Crippen molar-refractivity contribution in [1.82, 2.24) is 4.98 Å². The Labute approximate surface area is 133 Å². The van der Waals surface area contributed by atoms with Gasteiger partial charge in [-0.25, -0.2) is 9.37 Å². The first-order valence-electron chi connectivity index (χ1n) is 6.18. The van der Waals surface area contributed by atoms with Gasteiger partial charge in [-0.1, -0.05) is 47.2 Å². The van der Waals surface area contributed by atoms with E-state index in [1.807, 2.05) is 18.2 Å². The standard InChI is InChI=1S/C14H11F3N2OS2/c15-10(13(16)17)6-7-21-14-18-8-11(22-14)12(19-20)9-4-2-1-3-5-9/h1-5,8,20H,6-7H2. The summed E-state index contributed by atoms with van der Waals surface area (Å²) in [6, 6.07) is 9.08. The summed E-state index contributed by atoms with van der Waals surface area (Å²) in [5, 5.41) is 12.5. The van der Waals surface area contributed by atoms with Crippen molar-refractivity contribution < 1.29 is 18.4 Å². The largest absolute Gasteiger partial charge is 0.410 e. The molecule has 1 aromatic heterocycles. The van der Waals surface area contributed by atoms with Crippen molar-refractivity contribution >= 4 is 28.8 Å². The molecule has 22 heavy (non-hydrogen) atoms. The number of aromatic nitrogens is 1. The molecule has 1 N–H and O–H groups in total. The van der Waals surface area contributed by atoms with Crippen LogP contribution in [0.3, 0.4) is 0 Å². The second-order valence-electron chi connectivity index (χ2n) is 4.07. The van der Waals surface area contributed by atoms with Crippen molar-refractivity contribution in [2.24, 2.45) is 5.16 Å². The van der Waals surface area contributed by atoms with Crippen LogP contribution in [-0.2, 0) is 0 Å². The minimum atomic E-state index is -2.28. The molecule has 0 unspecified atom stereocenters. The summed E-state index contributed by atoms with van der Waals surface area (Å²) in [5.74, 6) is -1.24. The van der Waals surface area contributed by atoms with Crippen molar-refractivity contribution in [2.75, 3.05) is 5.75 Å². The minimum absolute atomic E-state index is 0.160. The molecule has 0 fully saturated rings. The van der Waals surface area contributed by atoms with E-state index in [0.29, 0.717) is 14.9 Å². The molecular formula is C14H11F3N2OS2. The molecule has 0 aliphatic heterocycles. The highest BCUT2D eigenvalue weighted by atomic mass is 32.2. The smallest absolute Gasteiger partial charge is 0.301 e.